The van der Waals surface area contributed by atoms with Crippen molar-refractivity contribution < 1.29 is 4.79 Å². The number of nitrogens with zero attached hydrogens (tertiary/aromatic N) is 2. The van der Waals surface area contributed by atoms with Gasteiger partial charge in [0.1, 0.15) is 0 Å². The number of hydrogen-bond donors (Lipinski definition) is 1. The molecule has 3 heterocycles. The largest absolute Gasteiger partial charge is 0.360 e. The molecule has 2 aromatic carbocycles. The summed E-state index contributed by atoms with van der Waals surface area (Å²) < 4.78 is 2.26. The van der Waals surface area contributed by atoms with Crippen molar-refractivity contribution in [2.75, 3.05) is 19.6 Å². The first-order valence-corrected chi connectivity index (χ1v) is 10.2. The van der Waals surface area contributed by atoms with Crippen LogP contribution in [0.5, 0.6) is 0 Å². The van der Waals surface area contributed by atoms with Crippen LogP contribution in [0.2, 0.25) is 0 Å². The molecule has 0 atom stereocenters. The van der Waals surface area contributed by atoms with Crippen LogP contribution in [0.25, 0.3) is 21.8 Å². The smallest absolute Gasteiger partial charge is 0.197 e. The number of piperidine rings is 1. The maximum atomic E-state index is 13.4. The minimum absolute atomic E-state index is 0.0883. The summed E-state index contributed by atoms with van der Waals surface area (Å²) in [6.07, 6.45) is 7.85. The van der Waals surface area contributed by atoms with E-state index in [1.165, 1.54) is 32.4 Å². The number of carbonyl (C=O) groups is 1. The lowest BCUT2D eigenvalue weighted by Crippen LogP contribution is -2.32. The average molecular weight is 371 g/mol. The van der Waals surface area contributed by atoms with Crippen molar-refractivity contribution in [2.24, 2.45) is 0 Å². The van der Waals surface area contributed by atoms with Gasteiger partial charge in [-0.1, -0.05) is 42.8 Å². The van der Waals surface area contributed by atoms with Crippen molar-refractivity contribution in [1.82, 2.24) is 14.5 Å². The van der Waals surface area contributed by atoms with Crippen LogP contribution in [0.4, 0.5) is 0 Å². The second kappa shape index (κ2) is 7.28. The van der Waals surface area contributed by atoms with Crippen LogP contribution in [-0.2, 0) is 6.54 Å². The van der Waals surface area contributed by atoms with E-state index in [2.05, 4.69) is 38.8 Å². The standard InChI is InChI=1S/C24H25N3O/c28-24(20-16-25-22-10-4-2-8-18(20)22)21-17-27(23-11-5-3-9-19(21)23)15-14-26-12-6-1-7-13-26/h2-5,8-11,16-17,25H,1,6-7,12-15H2. The highest BCUT2D eigenvalue weighted by atomic mass is 16.1. The lowest BCUT2D eigenvalue weighted by Gasteiger charge is -2.26. The fourth-order valence-electron chi connectivity index (χ4n) is 4.45. The molecule has 1 N–H and O–H groups in total. The molecule has 142 valence electrons. The molecule has 4 nitrogen and oxygen atoms in total. The molecule has 0 aliphatic carbocycles. The first kappa shape index (κ1) is 17.3. The Kier molecular flexibility index (Phi) is 4.49. The third-order valence-corrected chi connectivity index (χ3v) is 5.97. The summed E-state index contributed by atoms with van der Waals surface area (Å²) in [5, 5.41) is 2.02. The average Bonchev–Trinajstić information content (AvgIpc) is 3.35. The van der Waals surface area contributed by atoms with Gasteiger partial charge in [-0.3, -0.25) is 4.79 Å². The van der Waals surface area contributed by atoms with Crippen LogP contribution in [0.1, 0.15) is 35.2 Å². The minimum atomic E-state index is 0.0883. The van der Waals surface area contributed by atoms with E-state index in [-0.39, 0.29) is 5.78 Å². The van der Waals surface area contributed by atoms with Crippen LogP contribution in [0, 0.1) is 0 Å². The van der Waals surface area contributed by atoms with Crippen molar-refractivity contribution in [3.8, 4) is 0 Å². The summed E-state index contributed by atoms with van der Waals surface area (Å²) in [7, 11) is 0. The molecule has 0 spiro atoms. The number of fused-ring (bicyclic) bond motifs is 2. The maximum absolute atomic E-state index is 13.4. The number of ketones is 1. The third-order valence-electron chi connectivity index (χ3n) is 5.97. The van der Waals surface area contributed by atoms with E-state index in [1.807, 2.05) is 36.5 Å². The van der Waals surface area contributed by atoms with Crippen molar-refractivity contribution in [3.63, 3.8) is 0 Å². The zero-order valence-electron chi connectivity index (χ0n) is 16.0. The van der Waals surface area contributed by atoms with Crippen LogP contribution in [0.3, 0.4) is 0 Å². The third kappa shape index (κ3) is 3.04. The Hall–Kier alpha value is -2.85. The quantitative estimate of drug-likeness (QED) is 0.510. The normalized spacial score (nSPS) is 15.4. The van der Waals surface area contributed by atoms with Gasteiger partial charge in [-0.25, -0.2) is 0 Å². The molecular formula is C24H25N3O. The van der Waals surface area contributed by atoms with E-state index in [4.69, 9.17) is 0 Å². The molecule has 28 heavy (non-hydrogen) atoms. The number of nitrogens with one attached hydrogen (secondary N) is 1. The lowest BCUT2D eigenvalue weighted by molar-refractivity contribution is 0.104. The van der Waals surface area contributed by atoms with Gasteiger partial charge in [-0.05, 0) is 38.1 Å². The lowest BCUT2D eigenvalue weighted by atomic mass is 10.0. The number of aromatic amines is 1. The number of rotatable bonds is 5. The van der Waals surface area contributed by atoms with E-state index in [0.29, 0.717) is 0 Å². The van der Waals surface area contributed by atoms with Gasteiger partial charge in [0.05, 0.1) is 0 Å². The van der Waals surface area contributed by atoms with Gasteiger partial charge in [0.15, 0.2) is 5.78 Å². The molecule has 1 saturated heterocycles. The summed E-state index contributed by atoms with van der Waals surface area (Å²) in [6.45, 7) is 4.35. The van der Waals surface area contributed by atoms with Crippen molar-refractivity contribution in [3.05, 3.63) is 72.1 Å². The highest BCUT2D eigenvalue weighted by molar-refractivity contribution is 6.21. The Labute approximate surface area is 164 Å². The van der Waals surface area contributed by atoms with Gasteiger partial charge in [0.2, 0.25) is 0 Å². The first-order valence-electron chi connectivity index (χ1n) is 10.2. The molecule has 0 radical (unpaired) electrons. The summed E-state index contributed by atoms with van der Waals surface area (Å²) >= 11 is 0. The Bertz CT molecular complexity index is 1130. The molecule has 4 aromatic rings. The van der Waals surface area contributed by atoms with Crippen molar-refractivity contribution in [2.45, 2.75) is 25.8 Å². The number of aromatic nitrogens is 2. The Balaban J connectivity index is 1.50. The van der Waals surface area contributed by atoms with Gasteiger partial charge >= 0.3 is 0 Å². The van der Waals surface area contributed by atoms with Crippen molar-refractivity contribution >= 4 is 27.6 Å². The van der Waals surface area contributed by atoms with Gasteiger partial charge in [0, 0.05) is 58.4 Å². The van der Waals surface area contributed by atoms with Gasteiger partial charge in [0.25, 0.3) is 0 Å². The maximum Gasteiger partial charge on any atom is 0.197 e. The number of H-pyrrole nitrogens is 1. The summed E-state index contributed by atoms with van der Waals surface area (Å²) in [4.78, 5) is 19.2. The first-order chi connectivity index (χ1) is 13.8. The molecule has 2 aromatic heterocycles. The molecule has 1 fully saturated rings. The van der Waals surface area contributed by atoms with E-state index in [0.717, 1.165) is 46.0 Å². The molecule has 4 heteroatoms. The number of carbonyl (C=O) groups excluding carboxylic acids is 1. The topological polar surface area (TPSA) is 41.0 Å². The Morgan fingerprint density at radius 2 is 1.61 bits per heavy atom. The van der Waals surface area contributed by atoms with Crippen LogP contribution in [0.15, 0.2) is 60.9 Å². The monoisotopic (exact) mass is 371 g/mol. The summed E-state index contributed by atoms with van der Waals surface area (Å²) in [6, 6.07) is 16.2. The molecule has 5 rings (SSSR count). The van der Waals surface area contributed by atoms with E-state index in [9.17, 15) is 4.79 Å². The fourth-order valence-corrected chi connectivity index (χ4v) is 4.45. The summed E-state index contributed by atoms with van der Waals surface area (Å²) in [5.41, 5.74) is 3.68. The molecule has 1 aliphatic rings. The number of para-hydroxylation sites is 2. The van der Waals surface area contributed by atoms with Gasteiger partial charge in [-0.2, -0.15) is 0 Å². The predicted octanol–water partition coefficient (Wildman–Crippen LogP) is 4.84. The number of likely N-dealkylation sites (tertiary alicyclic amines) is 1. The molecule has 0 saturated carbocycles. The zero-order valence-corrected chi connectivity index (χ0v) is 16.0. The Morgan fingerprint density at radius 1 is 0.857 bits per heavy atom. The number of hydrogen-bond acceptors (Lipinski definition) is 2. The predicted molar refractivity (Wildman–Crippen MR) is 114 cm³/mol. The Morgan fingerprint density at radius 3 is 2.46 bits per heavy atom. The minimum Gasteiger partial charge on any atom is -0.360 e. The molecular weight excluding hydrogens is 346 g/mol. The second-order valence-electron chi connectivity index (χ2n) is 7.73. The highest BCUT2D eigenvalue weighted by Crippen LogP contribution is 2.27. The molecule has 0 amide bonds. The second-order valence-corrected chi connectivity index (χ2v) is 7.73. The van der Waals surface area contributed by atoms with E-state index in [1.54, 1.807) is 0 Å². The SMILES string of the molecule is O=C(c1c[nH]c2ccccc12)c1cn(CCN2CCCCC2)c2ccccc12. The molecule has 0 bridgehead atoms. The number of benzene rings is 2. The van der Waals surface area contributed by atoms with Crippen molar-refractivity contribution in [1.29, 1.82) is 0 Å². The fraction of sp³-hybridized carbons (Fsp3) is 0.292. The van der Waals surface area contributed by atoms with Crippen LogP contribution >= 0.6 is 0 Å². The van der Waals surface area contributed by atoms with E-state index < -0.39 is 0 Å². The summed E-state index contributed by atoms with van der Waals surface area (Å²) in [5.74, 6) is 0.0883. The molecule has 0 unspecified atom stereocenters. The van der Waals surface area contributed by atoms with Gasteiger partial charge in [-0.15, -0.1) is 0 Å². The van der Waals surface area contributed by atoms with E-state index >= 15 is 0 Å². The zero-order chi connectivity index (χ0) is 18.9. The molecule has 1 aliphatic heterocycles. The highest BCUT2D eigenvalue weighted by Gasteiger charge is 2.20. The van der Waals surface area contributed by atoms with Gasteiger partial charge < -0.3 is 14.5 Å². The van der Waals surface area contributed by atoms with Crippen LogP contribution < -0.4 is 0 Å². The van der Waals surface area contributed by atoms with Crippen LogP contribution in [-0.4, -0.2) is 39.9 Å².